The molecule has 0 aliphatic carbocycles. The van der Waals surface area contributed by atoms with Gasteiger partial charge in [-0.05, 0) is 56.0 Å². The molecule has 5 nitrogen and oxygen atoms in total. The lowest BCUT2D eigenvalue weighted by molar-refractivity contribution is -0.120. The smallest absolute Gasteiger partial charge is 0.243 e. The standard InChI is InChI=1S/C20H24N2O3S/c1-15-11-12-16(2)18(14-15)21-20(23)19-10-6-7-13-22(19)26(24,25)17-8-4-3-5-9-17/h3-5,8-9,11-12,14,19H,6-7,10,13H2,1-2H3,(H,21,23). The Morgan fingerprint density at radius 3 is 2.54 bits per heavy atom. The Balaban J connectivity index is 1.87. The van der Waals surface area contributed by atoms with Gasteiger partial charge in [-0.1, -0.05) is 36.8 Å². The zero-order valence-electron chi connectivity index (χ0n) is 15.1. The predicted octanol–water partition coefficient (Wildman–Crippen LogP) is 3.49. The minimum absolute atomic E-state index is 0.228. The summed E-state index contributed by atoms with van der Waals surface area (Å²) < 4.78 is 27.4. The monoisotopic (exact) mass is 372 g/mol. The Morgan fingerprint density at radius 2 is 1.81 bits per heavy atom. The zero-order valence-corrected chi connectivity index (χ0v) is 15.9. The van der Waals surface area contributed by atoms with Crippen LogP contribution in [-0.4, -0.2) is 31.2 Å². The summed E-state index contributed by atoms with van der Waals surface area (Å²) in [5.74, 6) is -0.266. The fourth-order valence-corrected chi connectivity index (χ4v) is 4.95. The number of hydrogen-bond donors (Lipinski definition) is 1. The van der Waals surface area contributed by atoms with E-state index in [1.54, 1.807) is 30.3 Å². The predicted molar refractivity (Wildman–Crippen MR) is 103 cm³/mol. The number of anilines is 1. The SMILES string of the molecule is Cc1ccc(C)c(NC(=O)C2CCCCN2S(=O)(=O)c2ccccc2)c1. The third kappa shape index (κ3) is 3.81. The van der Waals surface area contributed by atoms with Crippen LogP contribution in [0.5, 0.6) is 0 Å². The van der Waals surface area contributed by atoms with Crippen LogP contribution >= 0.6 is 0 Å². The molecule has 0 aromatic heterocycles. The van der Waals surface area contributed by atoms with Crippen LogP contribution in [0.15, 0.2) is 53.4 Å². The van der Waals surface area contributed by atoms with Gasteiger partial charge in [-0.2, -0.15) is 4.31 Å². The Morgan fingerprint density at radius 1 is 1.08 bits per heavy atom. The van der Waals surface area contributed by atoms with Crippen molar-refractivity contribution < 1.29 is 13.2 Å². The summed E-state index contributed by atoms with van der Waals surface area (Å²) in [5, 5.41) is 2.93. The van der Waals surface area contributed by atoms with Crippen molar-refractivity contribution in [2.45, 2.75) is 44.0 Å². The third-order valence-electron chi connectivity index (χ3n) is 4.76. The second kappa shape index (κ2) is 7.60. The lowest BCUT2D eigenvalue weighted by Gasteiger charge is -2.33. The van der Waals surface area contributed by atoms with Gasteiger partial charge in [0.25, 0.3) is 0 Å². The molecule has 1 fully saturated rings. The summed E-state index contributed by atoms with van der Waals surface area (Å²) in [6.45, 7) is 4.25. The number of carbonyl (C=O) groups excluding carboxylic acids is 1. The van der Waals surface area contributed by atoms with Gasteiger partial charge < -0.3 is 5.32 Å². The fraction of sp³-hybridized carbons (Fsp3) is 0.350. The molecule has 1 aliphatic rings. The number of carbonyl (C=O) groups is 1. The van der Waals surface area contributed by atoms with Crippen molar-refractivity contribution in [2.75, 3.05) is 11.9 Å². The first kappa shape index (κ1) is 18.6. The molecule has 0 radical (unpaired) electrons. The van der Waals surface area contributed by atoms with E-state index in [0.29, 0.717) is 13.0 Å². The topological polar surface area (TPSA) is 66.5 Å². The maximum Gasteiger partial charge on any atom is 0.243 e. The van der Waals surface area contributed by atoms with Gasteiger partial charge in [0.2, 0.25) is 15.9 Å². The number of sulfonamides is 1. The normalized spacial score (nSPS) is 18.5. The number of hydrogen-bond acceptors (Lipinski definition) is 3. The van der Waals surface area contributed by atoms with E-state index in [1.165, 1.54) is 4.31 Å². The van der Waals surface area contributed by atoms with E-state index >= 15 is 0 Å². The number of nitrogens with zero attached hydrogens (tertiary/aromatic N) is 1. The molecule has 3 rings (SSSR count). The van der Waals surface area contributed by atoms with E-state index in [-0.39, 0.29) is 10.8 Å². The summed E-state index contributed by atoms with van der Waals surface area (Å²) in [5.41, 5.74) is 2.73. The fourth-order valence-electron chi connectivity index (χ4n) is 3.27. The average molecular weight is 372 g/mol. The highest BCUT2D eigenvalue weighted by Crippen LogP contribution is 2.27. The molecule has 2 aromatic carbocycles. The highest BCUT2D eigenvalue weighted by molar-refractivity contribution is 7.89. The van der Waals surface area contributed by atoms with Gasteiger partial charge in [-0.3, -0.25) is 4.79 Å². The molecule has 2 aromatic rings. The molecule has 1 aliphatic heterocycles. The van der Waals surface area contributed by atoms with E-state index in [4.69, 9.17) is 0 Å². The lowest BCUT2D eigenvalue weighted by Crippen LogP contribution is -2.49. The van der Waals surface area contributed by atoms with Crippen LogP contribution in [0, 0.1) is 13.8 Å². The van der Waals surface area contributed by atoms with Gasteiger partial charge >= 0.3 is 0 Å². The number of amides is 1. The minimum atomic E-state index is -3.69. The van der Waals surface area contributed by atoms with E-state index in [1.807, 2.05) is 32.0 Å². The van der Waals surface area contributed by atoms with Crippen molar-refractivity contribution in [2.24, 2.45) is 0 Å². The second-order valence-corrected chi connectivity index (χ2v) is 8.64. The second-order valence-electron chi connectivity index (χ2n) is 6.75. The number of nitrogens with one attached hydrogen (secondary N) is 1. The summed E-state index contributed by atoms with van der Waals surface area (Å²) in [6.07, 6.45) is 2.13. The maximum absolute atomic E-state index is 13.0. The van der Waals surface area contributed by atoms with Crippen LogP contribution in [0.1, 0.15) is 30.4 Å². The molecule has 1 saturated heterocycles. The van der Waals surface area contributed by atoms with Crippen LogP contribution in [0.3, 0.4) is 0 Å². The zero-order chi connectivity index (χ0) is 18.7. The summed E-state index contributed by atoms with van der Waals surface area (Å²) in [6, 6.07) is 13.5. The third-order valence-corrected chi connectivity index (χ3v) is 6.68. The Labute approximate surface area is 155 Å². The van der Waals surface area contributed by atoms with Gasteiger partial charge in [0.15, 0.2) is 0 Å². The Bertz CT molecular complexity index is 895. The van der Waals surface area contributed by atoms with E-state index in [9.17, 15) is 13.2 Å². The summed E-state index contributed by atoms with van der Waals surface area (Å²) in [4.78, 5) is 13.1. The van der Waals surface area contributed by atoms with E-state index < -0.39 is 16.1 Å². The van der Waals surface area contributed by atoms with Crippen LogP contribution in [-0.2, 0) is 14.8 Å². The quantitative estimate of drug-likeness (QED) is 0.893. The van der Waals surface area contributed by atoms with Gasteiger partial charge in [-0.15, -0.1) is 0 Å². The Kier molecular flexibility index (Phi) is 5.44. The lowest BCUT2D eigenvalue weighted by atomic mass is 10.0. The molecule has 0 saturated carbocycles. The summed E-state index contributed by atoms with van der Waals surface area (Å²) >= 11 is 0. The van der Waals surface area contributed by atoms with Gasteiger partial charge in [-0.25, -0.2) is 8.42 Å². The molecule has 1 atom stereocenters. The molecule has 1 amide bonds. The first-order chi connectivity index (χ1) is 12.4. The molecular formula is C20H24N2O3S. The van der Waals surface area contributed by atoms with Crippen LogP contribution in [0.2, 0.25) is 0 Å². The number of aryl methyl sites for hydroxylation is 2. The molecular weight excluding hydrogens is 348 g/mol. The van der Waals surface area contributed by atoms with Crippen LogP contribution in [0.25, 0.3) is 0 Å². The van der Waals surface area contributed by atoms with Gasteiger partial charge in [0.1, 0.15) is 6.04 Å². The molecule has 6 heteroatoms. The molecule has 138 valence electrons. The largest absolute Gasteiger partial charge is 0.324 e. The summed E-state index contributed by atoms with van der Waals surface area (Å²) in [7, 11) is -3.69. The number of benzene rings is 2. The van der Waals surface area contributed by atoms with Crippen molar-refractivity contribution in [3.05, 3.63) is 59.7 Å². The molecule has 0 bridgehead atoms. The first-order valence-electron chi connectivity index (χ1n) is 8.84. The van der Waals surface area contributed by atoms with E-state index in [0.717, 1.165) is 29.7 Å². The molecule has 1 heterocycles. The van der Waals surface area contributed by atoms with Crippen LogP contribution < -0.4 is 5.32 Å². The highest BCUT2D eigenvalue weighted by atomic mass is 32.2. The molecule has 1 N–H and O–H groups in total. The maximum atomic E-state index is 13.0. The van der Waals surface area contributed by atoms with E-state index in [2.05, 4.69) is 5.32 Å². The van der Waals surface area contributed by atoms with Crippen LogP contribution in [0.4, 0.5) is 5.69 Å². The van der Waals surface area contributed by atoms with Gasteiger partial charge in [0, 0.05) is 12.2 Å². The highest BCUT2D eigenvalue weighted by Gasteiger charge is 2.37. The van der Waals surface area contributed by atoms with Crippen molar-refractivity contribution in [1.29, 1.82) is 0 Å². The average Bonchev–Trinajstić information content (AvgIpc) is 2.65. The van der Waals surface area contributed by atoms with Gasteiger partial charge in [0.05, 0.1) is 4.90 Å². The molecule has 1 unspecified atom stereocenters. The Hall–Kier alpha value is -2.18. The first-order valence-corrected chi connectivity index (χ1v) is 10.3. The van der Waals surface area contributed by atoms with Crippen molar-refractivity contribution in [1.82, 2.24) is 4.31 Å². The number of rotatable bonds is 4. The minimum Gasteiger partial charge on any atom is -0.324 e. The van der Waals surface area contributed by atoms with Crippen molar-refractivity contribution in [3.8, 4) is 0 Å². The molecule has 0 spiro atoms. The van der Waals surface area contributed by atoms with Crippen molar-refractivity contribution >= 4 is 21.6 Å². The van der Waals surface area contributed by atoms with Crippen molar-refractivity contribution in [3.63, 3.8) is 0 Å². The molecule has 26 heavy (non-hydrogen) atoms. The number of piperidine rings is 1.